The number of hydrogen-bond acceptors (Lipinski definition) is 2. The van der Waals surface area contributed by atoms with E-state index in [1.165, 1.54) is 44.5 Å². The third-order valence-electron chi connectivity index (χ3n) is 7.32. The molecule has 0 bridgehead atoms. The van der Waals surface area contributed by atoms with E-state index in [1.54, 1.807) is 5.01 Å². The highest BCUT2D eigenvalue weighted by Gasteiger charge is 2.35. The lowest BCUT2D eigenvalue weighted by Crippen LogP contribution is -2.25. The maximum absolute atomic E-state index is 6.61. The Kier molecular flexibility index (Phi) is 5.05. The highest BCUT2D eigenvalue weighted by molar-refractivity contribution is 5.83. The molecule has 6 rings (SSSR count). The maximum atomic E-state index is 6.61. The molecule has 0 saturated carbocycles. The van der Waals surface area contributed by atoms with Crippen LogP contribution in [0.1, 0.15) is 25.0 Å². The molecule has 0 amide bonds. The quantitative estimate of drug-likeness (QED) is 0.219. The highest BCUT2D eigenvalue weighted by Crippen LogP contribution is 2.49. The maximum Gasteiger partial charge on any atom is 0.0578 e. The van der Waals surface area contributed by atoms with Crippen molar-refractivity contribution in [2.45, 2.75) is 19.3 Å². The normalized spacial score (nSPS) is 13.2. The van der Waals surface area contributed by atoms with Gasteiger partial charge < -0.3 is 0 Å². The second-order valence-electron chi connectivity index (χ2n) is 9.76. The third kappa shape index (κ3) is 3.63. The summed E-state index contributed by atoms with van der Waals surface area (Å²) in [7, 11) is 0. The van der Waals surface area contributed by atoms with Gasteiger partial charge in [0.05, 0.1) is 11.4 Å². The first-order chi connectivity index (χ1) is 17.0. The fourth-order valence-corrected chi connectivity index (χ4v) is 5.29. The van der Waals surface area contributed by atoms with Gasteiger partial charge in [-0.2, -0.15) is 0 Å². The lowest BCUT2D eigenvalue weighted by atomic mass is 9.82. The van der Waals surface area contributed by atoms with Crippen LogP contribution in [0.5, 0.6) is 0 Å². The van der Waals surface area contributed by atoms with Crippen molar-refractivity contribution < 1.29 is 0 Å². The highest BCUT2D eigenvalue weighted by atomic mass is 15.4. The number of rotatable bonds is 4. The smallest absolute Gasteiger partial charge is 0.0578 e. The standard InChI is InChI=1S/C33H28N2/c1-33(2)31-11-7-6-10-29(31)30-21-20-28(22-32(30)33)35(34)27-18-16-26(17-19-27)25-14-12-24(13-15-25)23-8-4-3-5-9-23/h3-22H,34H2,1-2H3. The minimum Gasteiger partial charge on any atom is -0.280 e. The van der Waals surface area contributed by atoms with Gasteiger partial charge in [-0.25, -0.2) is 5.84 Å². The van der Waals surface area contributed by atoms with Crippen LogP contribution in [0.3, 0.4) is 0 Å². The molecule has 1 aliphatic rings. The van der Waals surface area contributed by atoms with Gasteiger partial charge in [-0.1, -0.05) is 111 Å². The minimum absolute atomic E-state index is 0.0431. The number of nitrogens with zero attached hydrogens (tertiary/aromatic N) is 1. The summed E-state index contributed by atoms with van der Waals surface area (Å²) in [6, 6.07) is 42.9. The Morgan fingerprint density at radius 1 is 0.486 bits per heavy atom. The summed E-state index contributed by atoms with van der Waals surface area (Å²) in [5.41, 5.74) is 12.0. The van der Waals surface area contributed by atoms with Crippen LogP contribution in [-0.2, 0) is 5.41 Å². The Bertz CT molecular complexity index is 1500. The van der Waals surface area contributed by atoms with Crippen LogP contribution >= 0.6 is 0 Å². The van der Waals surface area contributed by atoms with Crippen molar-refractivity contribution in [3.63, 3.8) is 0 Å². The fourth-order valence-electron chi connectivity index (χ4n) is 5.29. The van der Waals surface area contributed by atoms with E-state index >= 15 is 0 Å². The van der Waals surface area contributed by atoms with Crippen molar-refractivity contribution >= 4 is 11.4 Å². The first-order valence-corrected chi connectivity index (χ1v) is 12.1. The third-order valence-corrected chi connectivity index (χ3v) is 7.32. The van der Waals surface area contributed by atoms with Crippen LogP contribution in [-0.4, -0.2) is 0 Å². The van der Waals surface area contributed by atoms with Crippen LogP contribution in [0.2, 0.25) is 0 Å². The molecular weight excluding hydrogens is 424 g/mol. The molecule has 0 atom stereocenters. The molecule has 170 valence electrons. The molecule has 0 fully saturated rings. The number of fused-ring (bicyclic) bond motifs is 3. The molecule has 0 heterocycles. The van der Waals surface area contributed by atoms with Crippen LogP contribution in [0, 0.1) is 0 Å². The Hall–Kier alpha value is -4.14. The Labute approximate surface area is 207 Å². The zero-order valence-electron chi connectivity index (χ0n) is 20.1. The van der Waals surface area contributed by atoms with E-state index in [0.717, 1.165) is 11.4 Å². The fraction of sp³-hybridized carbons (Fsp3) is 0.0909. The Morgan fingerprint density at radius 3 is 1.63 bits per heavy atom. The number of hydrazine groups is 1. The molecule has 0 saturated heterocycles. The summed E-state index contributed by atoms with van der Waals surface area (Å²) in [5, 5.41) is 1.78. The van der Waals surface area contributed by atoms with Gasteiger partial charge in [-0.05, 0) is 68.8 Å². The van der Waals surface area contributed by atoms with Gasteiger partial charge in [0.25, 0.3) is 0 Å². The lowest BCUT2D eigenvalue weighted by molar-refractivity contribution is 0.660. The molecule has 2 N–H and O–H groups in total. The van der Waals surface area contributed by atoms with E-state index in [9.17, 15) is 0 Å². The van der Waals surface area contributed by atoms with E-state index in [1.807, 2.05) is 6.07 Å². The number of anilines is 2. The zero-order chi connectivity index (χ0) is 24.0. The molecule has 0 aliphatic heterocycles. The van der Waals surface area contributed by atoms with Gasteiger partial charge in [0.1, 0.15) is 0 Å². The van der Waals surface area contributed by atoms with Crippen molar-refractivity contribution in [2.75, 3.05) is 5.01 Å². The Balaban J connectivity index is 1.26. The van der Waals surface area contributed by atoms with E-state index in [0.29, 0.717) is 0 Å². The second-order valence-corrected chi connectivity index (χ2v) is 9.76. The van der Waals surface area contributed by atoms with Crippen molar-refractivity contribution in [1.29, 1.82) is 0 Å². The van der Waals surface area contributed by atoms with Crippen LogP contribution in [0.25, 0.3) is 33.4 Å². The molecule has 35 heavy (non-hydrogen) atoms. The molecule has 0 radical (unpaired) electrons. The molecule has 2 heteroatoms. The number of nitrogens with two attached hydrogens (primary N) is 1. The molecule has 0 unspecified atom stereocenters. The van der Waals surface area contributed by atoms with E-state index < -0.39 is 0 Å². The average molecular weight is 453 g/mol. The van der Waals surface area contributed by atoms with E-state index in [-0.39, 0.29) is 5.41 Å². The second kappa shape index (κ2) is 8.26. The summed E-state index contributed by atoms with van der Waals surface area (Å²) in [6.45, 7) is 4.58. The van der Waals surface area contributed by atoms with Gasteiger partial charge in [-0.3, -0.25) is 5.01 Å². The molecular formula is C33H28N2. The molecule has 5 aromatic carbocycles. The predicted molar refractivity (Wildman–Crippen MR) is 148 cm³/mol. The summed E-state index contributed by atoms with van der Waals surface area (Å²) < 4.78 is 0. The van der Waals surface area contributed by atoms with E-state index in [2.05, 4.69) is 129 Å². The monoisotopic (exact) mass is 452 g/mol. The van der Waals surface area contributed by atoms with Crippen molar-refractivity contribution in [3.05, 3.63) is 132 Å². The molecule has 0 spiro atoms. The number of hydrogen-bond donors (Lipinski definition) is 1. The summed E-state index contributed by atoms with van der Waals surface area (Å²) >= 11 is 0. The van der Waals surface area contributed by atoms with E-state index in [4.69, 9.17) is 5.84 Å². The first-order valence-electron chi connectivity index (χ1n) is 12.1. The van der Waals surface area contributed by atoms with Crippen molar-refractivity contribution in [1.82, 2.24) is 0 Å². The molecule has 2 nitrogen and oxygen atoms in total. The predicted octanol–water partition coefficient (Wildman–Crippen LogP) is 8.34. The van der Waals surface area contributed by atoms with Gasteiger partial charge in [0.2, 0.25) is 0 Å². The van der Waals surface area contributed by atoms with Gasteiger partial charge in [0.15, 0.2) is 0 Å². The molecule has 5 aromatic rings. The zero-order valence-corrected chi connectivity index (χ0v) is 20.1. The average Bonchev–Trinajstić information content (AvgIpc) is 3.15. The SMILES string of the molecule is CC1(C)c2ccccc2-c2ccc(N(N)c3ccc(-c4ccc(-c5ccccc5)cc4)cc3)cc21. The summed E-state index contributed by atoms with van der Waals surface area (Å²) in [4.78, 5) is 0. The topological polar surface area (TPSA) is 29.3 Å². The van der Waals surface area contributed by atoms with Crippen molar-refractivity contribution in [3.8, 4) is 33.4 Å². The summed E-state index contributed by atoms with van der Waals surface area (Å²) in [5.74, 6) is 6.61. The molecule has 1 aliphatic carbocycles. The van der Waals surface area contributed by atoms with Crippen LogP contribution in [0.4, 0.5) is 11.4 Å². The van der Waals surface area contributed by atoms with Gasteiger partial charge in [-0.15, -0.1) is 0 Å². The van der Waals surface area contributed by atoms with Crippen LogP contribution in [0.15, 0.2) is 121 Å². The van der Waals surface area contributed by atoms with Gasteiger partial charge in [0, 0.05) is 5.41 Å². The first kappa shape index (κ1) is 21.4. The lowest BCUT2D eigenvalue weighted by Gasteiger charge is -2.24. The largest absolute Gasteiger partial charge is 0.280 e. The van der Waals surface area contributed by atoms with Crippen molar-refractivity contribution in [2.24, 2.45) is 5.84 Å². The Morgan fingerprint density at radius 2 is 0.971 bits per heavy atom. The summed E-state index contributed by atoms with van der Waals surface area (Å²) in [6.07, 6.45) is 0. The minimum atomic E-state index is -0.0431. The number of benzene rings is 5. The molecule has 0 aromatic heterocycles. The van der Waals surface area contributed by atoms with Crippen LogP contribution < -0.4 is 10.9 Å². The van der Waals surface area contributed by atoms with Gasteiger partial charge >= 0.3 is 0 Å².